The van der Waals surface area contributed by atoms with Gasteiger partial charge in [0.25, 0.3) is 0 Å². The fourth-order valence-electron chi connectivity index (χ4n) is 4.19. The molecule has 2 aliphatic heterocycles. The monoisotopic (exact) mass is 440 g/mol. The van der Waals surface area contributed by atoms with Crippen LogP contribution in [-0.4, -0.2) is 50.1 Å². The number of esters is 1. The van der Waals surface area contributed by atoms with Gasteiger partial charge in [-0.1, -0.05) is 18.2 Å². The molecule has 2 amide bonds. The molecule has 9 heteroatoms. The summed E-state index contributed by atoms with van der Waals surface area (Å²) in [6, 6.07) is 9.89. The number of ether oxygens (including phenoxy) is 4. The molecule has 0 radical (unpaired) electrons. The molecule has 0 aromatic heterocycles. The summed E-state index contributed by atoms with van der Waals surface area (Å²) in [4.78, 5) is 39.7. The van der Waals surface area contributed by atoms with Crippen molar-refractivity contribution in [2.75, 3.05) is 21.3 Å². The number of hydrogen-bond acceptors (Lipinski definition) is 7. The Balaban J connectivity index is 1.58. The first-order valence-electron chi connectivity index (χ1n) is 10.2. The molecule has 168 valence electrons. The molecule has 2 aromatic carbocycles. The Morgan fingerprint density at radius 2 is 1.81 bits per heavy atom. The van der Waals surface area contributed by atoms with E-state index in [1.54, 1.807) is 19.2 Å². The highest BCUT2D eigenvalue weighted by molar-refractivity contribution is 5.99. The van der Waals surface area contributed by atoms with Gasteiger partial charge in [-0.2, -0.15) is 0 Å². The van der Waals surface area contributed by atoms with Crippen LogP contribution in [0.5, 0.6) is 17.2 Å². The van der Waals surface area contributed by atoms with Crippen molar-refractivity contribution < 1.29 is 33.3 Å². The van der Waals surface area contributed by atoms with Gasteiger partial charge in [0.05, 0.1) is 21.3 Å². The first-order valence-corrected chi connectivity index (χ1v) is 10.2. The van der Waals surface area contributed by atoms with Crippen molar-refractivity contribution in [2.45, 2.75) is 31.7 Å². The Morgan fingerprint density at radius 3 is 2.53 bits per heavy atom. The van der Waals surface area contributed by atoms with E-state index in [9.17, 15) is 14.4 Å². The number of para-hydroxylation sites is 1. The van der Waals surface area contributed by atoms with Crippen LogP contribution in [0.3, 0.4) is 0 Å². The number of cyclic esters (lactones) is 1. The molecule has 1 fully saturated rings. The number of fused-ring (bicyclic) bond motifs is 1. The Labute approximate surface area is 185 Å². The van der Waals surface area contributed by atoms with E-state index in [0.717, 1.165) is 5.56 Å². The molecule has 0 bridgehead atoms. The van der Waals surface area contributed by atoms with Crippen LogP contribution in [0, 0.1) is 0 Å². The number of amides is 2. The molecule has 2 aromatic rings. The highest BCUT2D eigenvalue weighted by Gasteiger charge is 2.47. The highest BCUT2D eigenvalue weighted by atomic mass is 16.6. The lowest BCUT2D eigenvalue weighted by molar-refractivity contribution is -0.145. The number of nitrogens with one attached hydrogen (secondary N) is 1. The summed E-state index contributed by atoms with van der Waals surface area (Å²) in [5, 5.41) is 2.87. The van der Waals surface area contributed by atoms with Crippen LogP contribution in [0.4, 0.5) is 0 Å². The predicted octanol–water partition coefficient (Wildman–Crippen LogP) is 2.19. The molecule has 2 atom stereocenters. The van der Waals surface area contributed by atoms with E-state index in [1.165, 1.54) is 19.1 Å². The van der Waals surface area contributed by atoms with Gasteiger partial charge in [0, 0.05) is 24.1 Å². The maximum absolute atomic E-state index is 13.0. The SMILES string of the molecule is COc1ccccc1CNC(=O)C1CCC(=O)N1C1OC(=O)c2c1ccc(OC)c2OC. The Bertz CT molecular complexity index is 1070. The number of rotatable bonds is 7. The molecule has 2 aliphatic rings. The fourth-order valence-corrected chi connectivity index (χ4v) is 4.19. The Morgan fingerprint density at radius 1 is 1.06 bits per heavy atom. The number of benzene rings is 2. The minimum atomic E-state index is -1.01. The summed E-state index contributed by atoms with van der Waals surface area (Å²) >= 11 is 0. The van der Waals surface area contributed by atoms with Gasteiger partial charge in [0.2, 0.25) is 18.0 Å². The van der Waals surface area contributed by atoms with E-state index in [-0.39, 0.29) is 36.1 Å². The second-order valence-corrected chi connectivity index (χ2v) is 7.41. The van der Waals surface area contributed by atoms with Crippen molar-refractivity contribution >= 4 is 17.8 Å². The van der Waals surface area contributed by atoms with Gasteiger partial charge in [-0.3, -0.25) is 14.5 Å². The van der Waals surface area contributed by atoms with Crippen LogP contribution in [0.2, 0.25) is 0 Å². The lowest BCUT2D eigenvalue weighted by Gasteiger charge is -2.29. The van der Waals surface area contributed by atoms with Crippen molar-refractivity contribution in [3.8, 4) is 17.2 Å². The van der Waals surface area contributed by atoms with Gasteiger partial charge >= 0.3 is 5.97 Å². The van der Waals surface area contributed by atoms with E-state index < -0.39 is 18.2 Å². The van der Waals surface area contributed by atoms with Gasteiger partial charge < -0.3 is 24.3 Å². The molecule has 1 N–H and O–H groups in total. The van der Waals surface area contributed by atoms with Gasteiger partial charge in [0.1, 0.15) is 17.4 Å². The van der Waals surface area contributed by atoms with Crippen LogP contribution >= 0.6 is 0 Å². The van der Waals surface area contributed by atoms with Crippen LogP contribution in [0.25, 0.3) is 0 Å². The van der Waals surface area contributed by atoms with E-state index >= 15 is 0 Å². The molecule has 4 rings (SSSR count). The van der Waals surface area contributed by atoms with Crippen LogP contribution in [0.15, 0.2) is 36.4 Å². The van der Waals surface area contributed by atoms with Gasteiger partial charge in [-0.15, -0.1) is 0 Å². The molecular formula is C23H24N2O7. The van der Waals surface area contributed by atoms with Crippen LogP contribution in [-0.2, 0) is 20.9 Å². The van der Waals surface area contributed by atoms with E-state index in [1.807, 2.05) is 24.3 Å². The van der Waals surface area contributed by atoms with E-state index in [2.05, 4.69) is 5.32 Å². The van der Waals surface area contributed by atoms with Gasteiger partial charge in [0.15, 0.2) is 11.5 Å². The number of carbonyl (C=O) groups excluding carboxylic acids is 3. The number of hydrogen-bond donors (Lipinski definition) is 1. The molecule has 0 saturated carbocycles. The molecule has 2 unspecified atom stereocenters. The maximum atomic E-state index is 13.0. The highest BCUT2D eigenvalue weighted by Crippen LogP contribution is 2.45. The van der Waals surface area contributed by atoms with E-state index in [0.29, 0.717) is 23.5 Å². The first-order chi connectivity index (χ1) is 15.5. The molecule has 0 aliphatic carbocycles. The second-order valence-electron chi connectivity index (χ2n) is 7.41. The summed E-state index contributed by atoms with van der Waals surface area (Å²) in [5.41, 5.74) is 1.48. The molecule has 32 heavy (non-hydrogen) atoms. The van der Waals surface area contributed by atoms with Crippen molar-refractivity contribution in [1.82, 2.24) is 10.2 Å². The van der Waals surface area contributed by atoms with E-state index in [4.69, 9.17) is 18.9 Å². The Hall–Kier alpha value is -3.75. The summed E-state index contributed by atoms with van der Waals surface area (Å²) in [7, 11) is 4.45. The summed E-state index contributed by atoms with van der Waals surface area (Å²) < 4.78 is 21.5. The maximum Gasteiger partial charge on any atom is 0.344 e. The standard InChI is InChI=1S/C23H24N2O7/c1-29-16-7-5-4-6-13(16)12-24-21(27)15-9-11-18(26)25(15)22-14-8-10-17(30-2)20(31-3)19(14)23(28)32-22/h4-8,10,15,22H,9,11-12H2,1-3H3,(H,24,27). The third kappa shape index (κ3) is 3.59. The van der Waals surface area contributed by atoms with Gasteiger partial charge in [-0.25, -0.2) is 4.79 Å². The normalized spacial score (nSPS) is 19.4. The number of carbonyl (C=O) groups is 3. The summed E-state index contributed by atoms with van der Waals surface area (Å²) in [5.74, 6) is 0.0547. The van der Waals surface area contributed by atoms with Crippen molar-refractivity contribution in [3.63, 3.8) is 0 Å². The molecule has 0 spiro atoms. The molecular weight excluding hydrogens is 416 g/mol. The van der Waals surface area contributed by atoms with Crippen molar-refractivity contribution in [1.29, 1.82) is 0 Å². The van der Waals surface area contributed by atoms with Crippen LogP contribution < -0.4 is 19.5 Å². The topological polar surface area (TPSA) is 103 Å². The smallest absolute Gasteiger partial charge is 0.344 e. The zero-order valence-electron chi connectivity index (χ0n) is 18.0. The second kappa shape index (κ2) is 8.78. The zero-order valence-corrected chi connectivity index (χ0v) is 18.0. The first kappa shape index (κ1) is 21.5. The van der Waals surface area contributed by atoms with Gasteiger partial charge in [-0.05, 0) is 24.6 Å². The lowest BCUT2D eigenvalue weighted by atomic mass is 10.0. The summed E-state index contributed by atoms with van der Waals surface area (Å²) in [6.45, 7) is 0.243. The quantitative estimate of drug-likeness (QED) is 0.658. The average molecular weight is 440 g/mol. The zero-order chi connectivity index (χ0) is 22.8. The lowest BCUT2D eigenvalue weighted by Crippen LogP contribution is -2.46. The van der Waals surface area contributed by atoms with Crippen molar-refractivity contribution in [2.24, 2.45) is 0 Å². The Kier molecular flexibility index (Phi) is 5.89. The predicted molar refractivity (Wildman–Crippen MR) is 112 cm³/mol. The number of likely N-dealkylation sites (tertiary alicyclic amines) is 1. The largest absolute Gasteiger partial charge is 0.496 e. The minimum absolute atomic E-state index is 0.184. The molecule has 2 heterocycles. The third-order valence-corrected chi connectivity index (χ3v) is 5.72. The fraction of sp³-hybridized carbons (Fsp3) is 0.348. The van der Waals surface area contributed by atoms with Crippen molar-refractivity contribution in [3.05, 3.63) is 53.1 Å². The van der Waals surface area contributed by atoms with Crippen LogP contribution in [0.1, 0.15) is 40.6 Å². The average Bonchev–Trinajstić information content (AvgIpc) is 3.36. The minimum Gasteiger partial charge on any atom is -0.496 e. The summed E-state index contributed by atoms with van der Waals surface area (Å²) in [6.07, 6.45) is -0.495. The number of nitrogens with zero attached hydrogens (tertiary/aromatic N) is 1. The number of methoxy groups -OCH3 is 3. The third-order valence-electron chi connectivity index (χ3n) is 5.72. The molecule has 9 nitrogen and oxygen atoms in total. The molecule has 1 saturated heterocycles.